The number of hydrogen-bond donors (Lipinski definition) is 0. The monoisotopic (exact) mass is 212 g/mol. The molecule has 1 nitrogen and oxygen atoms in total. The summed E-state index contributed by atoms with van der Waals surface area (Å²) in [6.07, 6.45) is 6.65. The Morgan fingerprint density at radius 1 is 1.00 bits per heavy atom. The molecule has 1 aliphatic rings. The van der Waals surface area contributed by atoms with Gasteiger partial charge in [-0.3, -0.25) is 0 Å². The summed E-state index contributed by atoms with van der Waals surface area (Å²) >= 11 is 0. The Balaban J connectivity index is 2.18. The van der Waals surface area contributed by atoms with Gasteiger partial charge in [0.15, 0.2) is 0 Å². The molecule has 0 bridgehead atoms. The Labute approximate surface area is 99.5 Å². The average Bonchev–Trinajstić information content (AvgIpc) is 2.66. The van der Waals surface area contributed by atoms with E-state index >= 15 is 0 Å². The maximum Gasteiger partial charge on any atom is 0.0410 e. The Morgan fingerprint density at radius 3 is 2.19 bits per heavy atom. The van der Waals surface area contributed by atoms with Crippen LogP contribution < -0.4 is 0 Å². The van der Waals surface area contributed by atoms with E-state index in [9.17, 15) is 0 Å². The molecule has 0 spiro atoms. The zero-order chi connectivity index (χ0) is 11.5. The van der Waals surface area contributed by atoms with Crippen molar-refractivity contribution in [1.82, 2.24) is 4.90 Å². The number of nitrogens with zero attached hydrogens (tertiary/aromatic N) is 1. The van der Waals surface area contributed by atoms with Crippen molar-refractivity contribution in [3.63, 3.8) is 0 Å². The van der Waals surface area contributed by atoms with Gasteiger partial charge in [-0.2, -0.15) is 0 Å². The van der Waals surface area contributed by atoms with E-state index in [2.05, 4.69) is 75.5 Å². The van der Waals surface area contributed by atoms with Crippen molar-refractivity contribution in [2.45, 2.75) is 13.0 Å². The first-order chi connectivity index (χ1) is 7.68. The largest absolute Gasteiger partial charge is 0.302 e. The molecule has 1 heteroatoms. The normalized spacial score (nSPS) is 20.5. The fourth-order valence-corrected chi connectivity index (χ4v) is 2.18. The third kappa shape index (κ3) is 2.46. The summed E-state index contributed by atoms with van der Waals surface area (Å²) in [6, 6.07) is 11.0. The fraction of sp³-hybridized carbons (Fsp3) is 0.267. The molecule has 0 saturated heterocycles. The molecule has 2 rings (SSSR count). The van der Waals surface area contributed by atoms with Crippen LogP contribution in [0.1, 0.15) is 18.5 Å². The minimum absolute atomic E-state index is 0.356. The first-order valence-corrected chi connectivity index (χ1v) is 5.63. The van der Waals surface area contributed by atoms with E-state index in [4.69, 9.17) is 0 Å². The van der Waals surface area contributed by atoms with E-state index in [-0.39, 0.29) is 0 Å². The van der Waals surface area contributed by atoms with Crippen molar-refractivity contribution in [1.29, 1.82) is 0 Å². The number of benzene rings is 1. The number of rotatable bonds is 3. The molecule has 1 saturated carbocycles. The van der Waals surface area contributed by atoms with E-state index in [0.29, 0.717) is 6.04 Å². The van der Waals surface area contributed by atoms with Crippen LogP contribution >= 0.6 is 0 Å². The van der Waals surface area contributed by atoms with Crippen LogP contribution in [-0.4, -0.2) is 19.0 Å². The molecular formula is C15H18N. The Morgan fingerprint density at radius 2 is 1.69 bits per heavy atom. The van der Waals surface area contributed by atoms with Gasteiger partial charge in [0.05, 0.1) is 0 Å². The lowest BCUT2D eigenvalue weighted by Crippen LogP contribution is -2.25. The van der Waals surface area contributed by atoms with Gasteiger partial charge in [-0.05, 0) is 44.8 Å². The van der Waals surface area contributed by atoms with Crippen LogP contribution in [0.25, 0.3) is 0 Å². The van der Waals surface area contributed by atoms with Gasteiger partial charge >= 0.3 is 0 Å². The first-order valence-electron chi connectivity index (χ1n) is 5.63. The second-order valence-corrected chi connectivity index (χ2v) is 4.50. The van der Waals surface area contributed by atoms with Gasteiger partial charge in [0.2, 0.25) is 0 Å². The van der Waals surface area contributed by atoms with Crippen molar-refractivity contribution >= 4 is 0 Å². The predicted molar refractivity (Wildman–Crippen MR) is 67.9 cm³/mol. The van der Waals surface area contributed by atoms with Crippen LogP contribution in [-0.2, 0) is 0 Å². The Kier molecular flexibility index (Phi) is 3.65. The van der Waals surface area contributed by atoms with Gasteiger partial charge < -0.3 is 4.90 Å². The molecule has 1 fully saturated rings. The zero-order valence-corrected chi connectivity index (χ0v) is 10.1. The van der Waals surface area contributed by atoms with Gasteiger partial charge in [-0.1, -0.05) is 37.3 Å². The standard InChI is InChI=1S/C15H18N/c1-12-9-10-14(11-12)15(16(2)3)13-7-5-4-6-8-13/h4-11,15H,1-3H3/t15-/m1/s1. The van der Waals surface area contributed by atoms with Crippen molar-refractivity contribution in [2.75, 3.05) is 14.1 Å². The lowest BCUT2D eigenvalue weighted by atomic mass is 9.90. The molecule has 83 valence electrons. The van der Waals surface area contributed by atoms with Gasteiger partial charge in [0.1, 0.15) is 0 Å². The predicted octanol–water partition coefficient (Wildman–Crippen LogP) is 3.08. The molecule has 0 unspecified atom stereocenters. The topological polar surface area (TPSA) is 3.24 Å². The minimum Gasteiger partial charge on any atom is -0.302 e. The molecule has 0 heterocycles. The fourth-order valence-electron chi connectivity index (χ4n) is 2.18. The van der Waals surface area contributed by atoms with E-state index in [1.165, 1.54) is 17.4 Å². The van der Waals surface area contributed by atoms with Gasteiger partial charge in [0.25, 0.3) is 0 Å². The molecule has 1 aliphatic carbocycles. The summed E-state index contributed by atoms with van der Waals surface area (Å²) in [6.45, 7) is 2.14. The third-order valence-corrected chi connectivity index (χ3v) is 2.88. The van der Waals surface area contributed by atoms with Crippen molar-refractivity contribution in [3.05, 3.63) is 67.0 Å². The molecule has 5 radical (unpaired) electrons. The maximum atomic E-state index is 2.26. The molecule has 0 N–H and O–H groups in total. The molecule has 0 aliphatic heterocycles. The van der Waals surface area contributed by atoms with Crippen LogP contribution in [0.5, 0.6) is 0 Å². The summed E-state index contributed by atoms with van der Waals surface area (Å²) in [7, 11) is 4.25. The summed E-state index contributed by atoms with van der Waals surface area (Å²) in [5.74, 6) is 2.70. The van der Waals surface area contributed by atoms with Crippen molar-refractivity contribution in [3.8, 4) is 0 Å². The van der Waals surface area contributed by atoms with Gasteiger partial charge in [-0.25, -0.2) is 0 Å². The third-order valence-electron chi connectivity index (χ3n) is 2.88. The summed E-state index contributed by atoms with van der Waals surface area (Å²) in [4.78, 5) is 2.25. The minimum atomic E-state index is 0.356. The highest BCUT2D eigenvalue weighted by Gasteiger charge is 2.32. The van der Waals surface area contributed by atoms with E-state index in [1.807, 2.05) is 0 Å². The van der Waals surface area contributed by atoms with Crippen LogP contribution in [0.15, 0.2) is 30.3 Å². The van der Waals surface area contributed by atoms with Crippen LogP contribution in [0.4, 0.5) is 0 Å². The molecule has 16 heavy (non-hydrogen) atoms. The summed E-state index contributed by atoms with van der Waals surface area (Å²) < 4.78 is 0. The highest BCUT2D eigenvalue weighted by molar-refractivity contribution is 5.46. The van der Waals surface area contributed by atoms with E-state index in [1.54, 1.807) is 0 Å². The number of hydrogen-bond acceptors (Lipinski definition) is 1. The second-order valence-electron chi connectivity index (χ2n) is 4.50. The summed E-state index contributed by atoms with van der Waals surface area (Å²) in [5.41, 5.74) is 1.35. The van der Waals surface area contributed by atoms with Gasteiger partial charge in [-0.15, -0.1) is 0 Å². The van der Waals surface area contributed by atoms with Crippen molar-refractivity contribution in [2.24, 2.45) is 0 Å². The Hall–Kier alpha value is -0.820. The molecular weight excluding hydrogens is 194 g/mol. The molecule has 1 atom stereocenters. The molecule has 1 aromatic carbocycles. The van der Waals surface area contributed by atoms with Crippen LogP contribution in [0, 0.1) is 31.1 Å². The lowest BCUT2D eigenvalue weighted by molar-refractivity contribution is 0.320. The van der Waals surface area contributed by atoms with E-state index < -0.39 is 0 Å². The van der Waals surface area contributed by atoms with E-state index in [0.717, 1.165) is 0 Å². The summed E-state index contributed by atoms with van der Waals surface area (Å²) in [5, 5.41) is 0. The maximum absolute atomic E-state index is 2.26. The zero-order valence-electron chi connectivity index (χ0n) is 10.1. The quantitative estimate of drug-likeness (QED) is 0.744. The van der Waals surface area contributed by atoms with Crippen molar-refractivity contribution < 1.29 is 0 Å². The van der Waals surface area contributed by atoms with Crippen LogP contribution in [0.3, 0.4) is 0 Å². The first kappa shape index (κ1) is 11.7. The molecule has 0 aromatic heterocycles. The lowest BCUT2D eigenvalue weighted by Gasteiger charge is -2.29. The highest BCUT2D eigenvalue weighted by Crippen LogP contribution is 2.41. The van der Waals surface area contributed by atoms with Crippen LogP contribution in [0.2, 0.25) is 0 Å². The second kappa shape index (κ2) is 5.01. The molecule has 1 aromatic rings. The Bertz CT molecular complexity index is 317. The SMILES string of the molecule is C[C]1[CH][CH][C]([C@@H](c2ccccc2)N(C)C)[CH]1. The molecule has 0 amide bonds. The van der Waals surface area contributed by atoms with Gasteiger partial charge in [0, 0.05) is 12.0 Å². The highest BCUT2D eigenvalue weighted by atomic mass is 15.1. The average molecular weight is 212 g/mol. The smallest absolute Gasteiger partial charge is 0.0410 e.